The van der Waals surface area contributed by atoms with Gasteiger partial charge >= 0.3 is 5.69 Å². The Morgan fingerprint density at radius 1 is 1.38 bits per heavy atom. The lowest BCUT2D eigenvalue weighted by atomic mass is 10.2. The molecule has 0 saturated heterocycles. The highest BCUT2D eigenvalue weighted by molar-refractivity contribution is 7.99. The zero-order valence-corrected chi connectivity index (χ0v) is 14.9. The Bertz CT molecular complexity index is 862. The zero-order chi connectivity index (χ0) is 18.5. The number of hydrogen-bond donors (Lipinski definition) is 2. The molecule has 0 bridgehead atoms. The normalized spacial score (nSPS) is 15.5. The van der Waals surface area contributed by atoms with Gasteiger partial charge in [0, 0.05) is 6.54 Å². The molecule has 2 aromatic rings. The first-order valence-electron chi connectivity index (χ1n) is 8.08. The third-order valence-electron chi connectivity index (χ3n) is 3.57. The summed E-state index contributed by atoms with van der Waals surface area (Å²) in [5, 5.41) is 8.92. The topological polar surface area (TPSA) is 115 Å². The molecule has 3 rings (SSSR count). The predicted octanol–water partition coefficient (Wildman–Crippen LogP) is 0.556. The van der Waals surface area contributed by atoms with Crippen LogP contribution in [0.5, 0.6) is 11.5 Å². The molecule has 1 aliphatic rings. The lowest BCUT2D eigenvalue weighted by Crippen LogP contribution is -2.46. The van der Waals surface area contributed by atoms with E-state index in [-0.39, 0.29) is 18.0 Å². The van der Waals surface area contributed by atoms with E-state index in [1.807, 2.05) is 6.92 Å². The summed E-state index contributed by atoms with van der Waals surface area (Å²) in [4.78, 5) is 35.8. The summed E-state index contributed by atoms with van der Waals surface area (Å²) in [5.41, 5.74) is -0.322. The number of imide groups is 1. The van der Waals surface area contributed by atoms with Crippen molar-refractivity contribution in [3.8, 4) is 11.5 Å². The molecular formula is C16H18N4O5S. The smallest absolute Gasteiger partial charge is 0.343 e. The Balaban J connectivity index is 1.52. The molecule has 2 amide bonds. The highest BCUT2D eigenvalue weighted by Crippen LogP contribution is 2.30. The van der Waals surface area contributed by atoms with Crippen molar-refractivity contribution in [1.82, 2.24) is 20.1 Å². The minimum absolute atomic E-state index is 0.0265. The summed E-state index contributed by atoms with van der Waals surface area (Å²) in [6, 6.07) is 7.00. The van der Waals surface area contributed by atoms with Gasteiger partial charge in [-0.15, -0.1) is 5.10 Å². The maximum Gasteiger partial charge on any atom is 0.343 e. The van der Waals surface area contributed by atoms with Gasteiger partial charge in [-0.1, -0.05) is 30.8 Å². The van der Waals surface area contributed by atoms with Crippen LogP contribution in [0.2, 0.25) is 0 Å². The van der Waals surface area contributed by atoms with Crippen LogP contribution in [0, 0.1) is 0 Å². The van der Waals surface area contributed by atoms with Crippen LogP contribution in [-0.2, 0) is 16.1 Å². The van der Waals surface area contributed by atoms with Gasteiger partial charge in [-0.2, -0.15) is 0 Å². The molecule has 26 heavy (non-hydrogen) atoms. The van der Waals surface area contributed by atoms with Crippen molar-refractivity contribution in [2.45, 2.75) is 31.1 Å². The van der Waals surface area contributed by atoms with Crippen LogP contribution in [0.25, 0.3) is 0 Å². The van der Waals surface area contributed by atoms with E-state index < -0.39 is 17.9 Å². The van der Waals surface area contributed by atoms with Crippen molar-refractivity contribution >= 4 is 23.6 Å². The second kappa shape index (κ2) is 8.09. The number of H-pyrrole nitrogens is 1. The van der Waals surface area contributed by atoms with Crippen molar-refractivity contribution < 1.29 is 19.1 Å². The highest BCUT2D eigenvalue weighted by Gasteiger charge is 2.28. The van der Waals surface area contributed by atoms with Gasteiger partial charge in [-0.3, -0.25) is 19.5 Å². The summed E-state index contributed by atoms with van der Waals surface area (Å²) < 4.78 is 12.5. The molecule has 0 spiro atoms. The Morgan fingerprint density at radius 2 is 2.15 bits per heavy atom. The van der Waals surface area contributed by atoms with Crippen molar-refractivity contribution in [3.05, 3.63) is 34.7 Å². The molecule has 0 saturated carbocycles. The van der Waals surface area contributed by atoms with E-state index in [2.05, 4.69) is 15.5 Å². The number of nitrogens with one attached hydrogen (secondary N) is 2. The highest BCUT2D eigenvalue weighted by atomic mass is 32.2. The van der Waals surface area contributed by atoms with Crippen LogP contribution in [0.3, 0.4) is 0 Å². The third-order valence-corrected chi connectivity index (χ3v) is 4.54. The second-order valence-electron chi connectivity index (χ2n) is 5.53. The number of carbonyl (C=O) groups is 2. The second-order valence-corrected chi connectivity index (χ2v) is 6.47. The molecule has 1 aliphatic heterocycles. The molecule has 138 valence electrons. The van der Waals surface area contributed by atoms with Gasteiger partial charge in [0.05, 0.1) is 5.75 Å². The van der Waals surface area contributed by atoms with E-state index >= 15 is 0 Å². The number of benzene rings is 1. The van der Waals surface area contributed by atoms with E-state index in [0.29, 0.717) is 23.2 Å². The quantitative estimate of drug-likeness (QED) is 0.706. The molecule has 1 aromatic heterocycles. The molecule has 0 unspecified atom stereocenters. The van der Waals surface area contributed by atoms with Gasteiger partial charge in [0.15, 0.2) is 16.7 Å². The number of para-hydroxylation sites is 2. The van der Waals surface area contributed by atoms with E-state index in [1.165, 1.54) is 4.57 Å². The number of ether oxygens (including phenoxy) is 2. The fourth-order valence-corrected chi connectivity index (χ4v) is 3.14. The Kier molecular flexibility index (Phi) is 5.61. The monoisotopic (exact) mass is 378 g/mol. The summed E-state index contributed by atoms with van der Waals surface area (Å²) in [6.07, 6.45) is -0.138. The number of thioether (sulfide) groups is 1. The third kappa shape index (κ3) is 4.07. The van der Waals surface area contributed by atoms with Gasteiger partial charge in [0.1, 0.15) is 6.61 Å². The SMILES string of the molecule is CCCn1c(SCC(=O)NC(=O)[C@@H]2COc3ccccc3O2)n[nH]c1=O. The summed E-state index contributed by atoms with van der Waals surface area (Å²) in [7, 11) is 0. The zero-order valence-electron chi connectivity index (χ0n) is 14.1. The lowest BCUT2D eigenvalue weighted by molar-refractivity contribution is -0.135. The van der Waals surface area contributed by atoms with Crippen molar-refractivity contribution in [2.75, 3.05) is 12.4 Å². The van der Waals surface area contributed by atoms with E-state index in [1.54, 1.807) is 24.3 Å². The molecule has 10 heteroatoms. The number of hydrogen-bond acceptors (Lipinski definition) is 7. The standard InChI is InChI=1S/C16H18N4O5S/c1-2-7-20-15(23)18-19-16(20)26-9-13(21)17-14(22)12-8-24-10-5-3-4-6-11(10)25-12/h3-6,12H,2,7-9H2,1H3,(H,18,23)(H,17,21,22)/t12-/m0/s1. The summed E-state index contributed by atoms with van der Waals surface area (Å²) in [5.74, 6) is -0.102. The lowest BCUT2D eigenvalue weighted by Gasteiger charge is -2.25. The first-order chi connectivity index (χ1) is 12.6. The van der Waals surface area contributed by atoms with Crippen LogP contribution >= 0.6 is 11.8 Å². The van der Waals surface area contributed by atoms with Crippen molar-refractivity contribution in [2.24, 2.45) is 0 Å². The van der Waals surface area contributed by atoms with Crippen LogP contribution in [0.4, 0.5) is 0 Å². The number of amides is 2. The minimum Gasteiger partial charge on any atom is -0.485 e. The average molecular weight is 378 g/mol. The molecule has 0 aliphatic carbocycles. The molecule has 2 heterocycles. The van der Waals surface area contributed by atoms with Crippen LogP contribution in [0.15, 0.2) is 34.2 Å². The number of aromatic amines is 1. The van der Waals surface area contributed by atoms with Crippen LogP contribution in [-0.4, -0.2) is 45.0 Å². The summed E-state index contributed by atoms with van der Waals surface area (Å²) >= 11 is 1.08. The number of fused-ring (bicyclic) bond motifs is 1. The van der Waals surface area contributed by atoms with Gasteiger partial charge in [-0.05, 0) is 18.6 Å². The molecule has 2 N–H and O–H groups in total. The van der Waals surface area contributed by atoms with Crippen molar-refractivity contribution in [3.63, 3.8) is 0 Å². The number of rotatable bonds is 6. The van der Waals surface area contributed by atoms with Gasteiger partial charge in [0.2, 0.25) is 12.0 Å². The Hall–Kier alpha value is -2.75. The maximum atomic E-state index is 12.2. The molecule has 0 radical (unpaired) electrons. The van der Waals surface area contributed by atoms with Crippen LogP contribution in [0.1, 0.15) is 13.3 Å². The van der Waals surface area contributed by atoms with Gasteiger partial charge in [-0.25, -0.2) is 9.89 Å². The largest absolute Gasteiger partial charge is 0.485 e. The van der Waals surface area contributed by atoms with Crippen LogP contribution < -0.4 is 20.5 Å². The molecule has 9 nitrogen and oxygen atoms in total. The number of nitrogens with zero attached hydrogens (tertiary/aromatic N) is 2. The van der Waals surface area contributed by atoms with Gasteiger partial charge < -0.3 is 9.47 Å². The fourth-order valence-electron chi connectivity index (χ4n) is 2.37. The Labute approximate surface area is 153 Å². The molecular weight excluding hydrogens is 360 g/mol. The first kappa shape index (κ1) is 18.1. The average Bonchev–Trinajstić information content (AvgIpc) is 3.00. The minimum atomic E-state index is -0.900. The first-order valence-corrected chi connectivity index (χ1v) is 9.07. The van der Waals surface area contributed by atoms with Crippen molar-refractivity contribution in [1.29, 1.82) is 0 Å². The molecule has 0 fully saturated rings. The number of aromatic nitrogens is 3. The fraction of sp³-hybridized carbons (Fsp3) is 0.375. The van der Waals surface area contributed by atoms with E-state index in [9.17, 15) is 14.4 Å². The summed E-state index contributed by atoms with van der Waals surface area (Å²) in [6.45, 7) is 2.47. The Morgan fingerprint density at radius 3 is 2.92 bits per heavy atom. The number of carbonyl (C=O) groups excluding carboxylic acids is 2. The van der Waals surface area contributed by atoms with E-state index in [0.717, 1.165) is 18.2 Å². The van der Waals surface area contributed by atoms with Gasteiger partial charge in [0.25, 0.3) is 5.91 Å². The molecule has 1 aromatic carbocycles. The molecule has 1 atom stereocenters. The van der Waals surface area contributed by atoms with E-state index in [4.69, 9.17) is 9.47 Å². The predicted molar refractivity (Wildman–Crippen MR) is 93.4 cm³/mol. The maximum absolute atomic E-state index is 12.2.